The molecule has 3 aromatic rings. The number of carbonyl (C=O) groups is 2. The van der Waals surface area contributed by atoms with Crippen LogP contribution in [-0.2, 0) is 27.3 Å². The number of esters is 1. The van der Waals surface area contributed by atoms with Crippen molar-refractivity contribution in [2.75, 3.05) is 6.61 Å². The third-order valence-corrected chi connectivity index (χ3v) is 14.4. The summed E-state index contributed by atoms with van der Waals surface area (Å²) in [5.74, 6) is 0.769. The highest BCUT2D eigenvalue weighted by Gasteiger charge is 2.47. The van der Waals surface area contributed by atoms with Crippen molar-refractivity contribution in [1.82, 2.24) is 4.57 Å². The number of hydrogen-bond donors (Lipinski definition) is 0. The molecule has 218 valence electrons. The normalized spacial score (nSPS) is 12.2. The highest BCUT2D eigenvalue weighted by Crippen LogP contribution is 2.44. The summed E-state index contributed by atoms with van der Waals surface area (Å²) in [4.78, 5) is 24.7. The first kappa shape index (κ1) is 31.7. The Labute approximate surface area is 242 Å². The number of rotatable bonds is 13. The highest BCUT2D eigenvalue weighted by atomic mass is 28.4. The van der Waals surface area contributed by atoms with Gasteiger partial charge in [-0.25, -0.2) is 0 Å². The summed E-state index contributed by atoms with van der Waals surface area (Å²) in [6.07, 6.45) is 0.0223. The summed E-state index contributed by atoms with van der Waals surface area (Å²) in [5.41, 5.74) is 7.09. The van der Waals surface area contributed by atoms with E-state index in [1.807, 2.05) is 12.1 Å². The second-order valence-electron chi connectivity index (χ2n) is 12.3. The second kappa shape index (κ2) is 13.2. The van der Waals surface area contributed by atoms with Crippen molar-refractivity contribution in [2.24, 2.45) is 0 Å². The van der Waals surface area contributed by atoms with E-state index in [-0.39, 0.29) is 25.2 Å². The van der Waals surface area contributed by atoms with Gasteiger partial charge in [-0.15, -0.1) is 0 Å². The Hall–Kier alpha value is -2.86. The van der Waals surface area contributed by atoms with Gasteiger partial charge in [0.15, 0.2) is 0 Å². The summed E-state index contributed by atoms with van der Waals surface area (Å²) >= 11 is 0. The molecule has 40 heavy (non-hydrogen) atoms. The van der Waals surface area contributed by atoms with Crippen LogP contribution in [0.1, 0.15) is 97.0 Å². The van der Waals surface area contributed by atoms with Crippen LogP contribution < -0.4 is 4.43 Å². The fraction of sp³-hybridized carbons (Fsp3) is 0.529. The van der Waals surface area contributed by atoms with Crippen LogP contribution >= 0.6 is 0 Å². The highest BCUT2D eigenvalue weighted by molar-refractivity contribution is 6.78. The van der Waals surface area contributed by atoms with Gasteiger partial charge in [0.05, 0.1) is 6.61 Å². The molecule has 2 aromatic carbocycles. The van der Waals surface area contributed by atoms with Gasteiger partial charge in [0.1, 0.15) is 18.0 Å². The molecule has 3 rings (SSSR count). The predicted molar refractivity (Wildman–Crippen MR) is 168 cm³/mol. The van der Waals surface area contributed by atoms with Crippen LogP contribution in [0.25, 0.3) is 10.9 Å². The fourth-order valence-electron chi connectivity index (χ4n) is 6.53. The summed E-state index contributed by atoms with van der Waals surface area (Å²) in [6, 6.07) is 14.9. The van der Waals surface area contributed by atoms with Crippen molar-refractivity contribution < 1.29 is 18.8 Å². The van der Waals surface area contributed by atoms with Crippen molar-refractivity contribution >= 4 is 31.0 Å². The van der Waals surface area contributed by atoms with E-state index in [1.165, 1.54) is 11.1 Å². The number of hydrogen-bond acceptors (Lipinski definition) is 4. The average Bonchev–Trinajstić information content (AvgIpc) is 3.13. The largest absolute Gasteiger partial charge is 0.542 e. The lowest BCUT2D eigenvalue weighted by atomic mass is 9.99. The van der Waals surface area contributed by atoms with Crippen LogP contribution in [0.5, 0.6) is 5.75 Å². The molecular weight excluding hydrogens is 514 g/mol. The molecular formula is C34H49NO4Si. The number of ketones is 1. The lowest BCUT2D eigenvalue weighted by Crippen LogP contribution is -2.50. The smallest absolute Gasteiger partial charge is 0.313 e. The maximum Gasteiger partial charge on any atom is 0.313 e. The van der Waals surface area contributed by atoms with Crippen molar-refractivity contribution in [3.63, 3.8) is 0 Å². The first-order valence-corrected chi connectivity index (χ1v) is 17.0. The first-order chi connectivity index (χ1) is 18.8. The zero-order valence-electron chi connectivity index (χ0n) is 26.3. The predicted octanol–water partition coefficient (Wildman–Crippen LogP) is 8.74. The second-order valence-corrected chi connectivity index (χ2v) is 17.7. The van der Waals surface area contributed by atoms with Crippen LogP contribution in [0, 0.1) is 6.92 Å². The zero-order valence-corrected chi connectivity index (χ0v) is 27.3. The number of para-hydroxylation sites is 1. The van der Waals surface area contributed by atoms with E-state index in [0.29, 0.717) is 29.1 Å². The molecule has 0 N–H and O–H groups in total. The number of carbonyl (C=O) groups excluding carboxylic acids is 2. The number of fused-ring (bicyclic) bond motifs is 1. The molecule has 5 nitrogen and oxygen atoms in total. The average molecular weight is 564 g/mol. The van der Waals surface area contributed by atoms with Gasteiger partial charge in [-0.1, -0.05) is 85.7 Å². The SMILES string of the molecule is CCOC(=O)CC(=O)Cc1c(C)n(Cc2ccc(O[Si](C(C)C)(C(C)C)C(C)C)c(C(C)C)c2)c2ccccc12. The molecule has 6 heteroatoms. The number of ether oxygens (including phenoxy) is 1. The van der Waals surface area contributed by atoms with Crippen molar-refractivity contribution in [2.45, 2.75) is 111 Å². The van der Waals surface area contributed by atoms with Crippen molar-refractivity contribution in [3.8, 4) is 5.75 Å². The Morgan fingerprint density at radius 1 is 0.900 bits per heavy atom. The van der Waals surface area contributed by atoms with E-state index in [4.69, 9.17) is 9.16 Å². The molecule has 0 aliphatic rings. The molecule has 0 aliphatic carbocycles. The van der Waals surface area contributed by atoms with Crippen LogP contribution in [0.4, 0.5) is 0 Å². The van der Waals surface area contributed by atoms with E-state index in [1.54, 1.807) is 6.92 Å². The third kappa shape index (κ3) is 6.54. The topological polar surface area (TPSA) is 57.5 Å². The number of nitrogens with zero attached hydrogens (tertiary/aromatic N) is 1. The van der Waals surface area contributed by atoms with Gasteiger partial charge in [-0.2, -0.15) is 0 Å². The summed E-state index contributed by atoms with van der Waals surface area (Å²) in [5, 5.41) is 1.06. The molecule has 0 saturated carbocycles. The van der Waals surface area contributed by atoms with Crippen LogP contribution in [0.15, 0.2) is 42.5 Å². The number of aromatic nitrogens is 1. The Balaban J connectivity index is 1.99. The quantitative estimate of drug-likeness (QED) is 0.118. The van der Waals surface area contributed by atoms with Gasteiger partial charge >= 0.3 is 5.97 Å². The van der Waals surface area contributed by atoms with Gasteiger partial charge < -0.3 is 13.7 Å². The molecule has 0 amide bonds. The van der Waals surface area contributed by atoms with Gasteiger partial charge in [0, 0.05) is 29.6 Å². The minimum atomic E-state index is -2.08. The lowest BCUT2D eigenvalue weighted by molar-refractivity contribution is -0.145. The van der Waals surface area contributed by atoms with Crippen LogP contribution in [0.2, 0.25) is 16.6 Å². The van der Waals surface area contributed by atoms with Crippen LogP contribution in [0.3, 0.4) is 0 Å². The molecule has 1 heterocycles. The van der Waals surface area contributed by atoms with E-state index in [9.17, 15) is 9.59 Å². The Kier molecular flexibility index (Phi) is 10.4. The molecule has 1 aromatic heterocycles. The van der Waals surface area contributed by atoms with Crippen molar-refractivity contribution in [3.05, 3.63) is 64.8 Å². The first-order valence-electron chi connectivity index (χ1n) is 14.9. The fourth-order valence-corrected chi connectivity index (χ4v) is 11.8. The van der Waals surface area contributed by atoms with Crippen LogP contribution in [-0.4, -0.2) is 31.2 Å². The van der Waals surface area contributed by atoms with Gasteiger partial charge in [-0.3, -0.25) is 9.59 Å². The van der Waals surface area contributed by atoms with E-state index in [2.05, 4.69) is 97.2 Å². The summed E-state index contributed by atoms with van der Waals surface area (Å²) in [6.45, 7) is 23.2. The molecule has 0 fully saturated rings. The number of Topliss-reactive ketones (excluding diaryl/α,β-unsaturated/α-hetero) is 1. The van der Waals surface area contributed by atoms with Gasteiger partial charge in [-0.05, 0) is 65.2 Å². The maximum atomic E-state index is 12.8. The minimum Gasteiger partial charge on any atom is -0.542 e. The van der Waals surface area contributed by atoms with Gasteiger partial charge in [0.25, 0.3) is 8.32 Å². The third-order valence-electron chi connectivity index (χ3n) is 8.41. The molecule has 0 aliphatic heterocycles. The molecule has 0 saturated heterocycles. The Morgan fingerprint density at radius 2 is 1.52 bits per heavy atom. The molecule has 0 radical (unpaired) electrons. The number of benzene rings is 2. The molecule has 0 atom stereocenters. The zero-order chi connectivity index (χ0) is 29.8. The van der Waals surface area contributed by atoms with E-state index in [0.717, 1.165) is 27.9 Å². The maximum absolute atomic E-state index is 12.8. The Morgan fingerprint density at radius 3 is 2.10 bits per heavy atom. The molecule has 0 unspecified atom stereocenters. The Bertz CT molecular complexity index is 1310. The van der Waals surface area contributed by atoms with Crippen molar-refractivity contribution in [1.29, 1.82) is 0 Å². The molecule has 0 spiro atoms. The molecule has 0 bridgehead atoms. The summed E-state index contributed by atoms with van der Waals surface area (Å²) in [7, 11) is -2.08. The summed E-state index contributed by atoms with van der Waals surface area (Å²) < 4.78 is 14.4. The van der Waals surface area contributed by atoms with E-state index >= 15 is 0 Å². The standard InChI is InChI=1S/C34H49NO4Si/c1-11-38-34(37)20-28(36)19-31-26(10)35(32-15-13-12-14-29(31)32)21-27-16-17-33(30(18-27)22(2)3)39-40(23(4)5,24(6)7)25(8)9/h12-18,22-25H,11,19-21H2,1-10H3. The lowest BCUT2D eigenvalue weighted by Gasteiger charge is -2.43. The van der Waals surface area contributed by atoms with Gasteiger partial charge in [0.2, 0.25) is 0 Å². The monoisotopic (exact) mass is 563 g/mol. The minimum absolute atomic E-state index is 0.124. The van der Waals surface area contributed by atoms with E-state index < -0.39 is 14.3 Å².